The van der Waals surface area contributed by atoms with E-state index in [4.69, 9.17) is 15.0 Å². The molecule has 4 aromatic heterocycles. The molecule has 8 heterocycles. The normalized spacial score (nSPS) is 17.5. The van der Waals surface area contributed by atoms with E-state index in [0.29, 0.717) is 52.0 Å². The number of carbonyl (C=O) groups is 4. The van der Waals surface area contributed by atoms with Crippen molar-refractivity contribution in [2.45, 2.75) is 89.9 Å². The van der Waals surface area contributed by atoms with Crippen LogP contribution in [0.15, 0.2) is 79.3 Å². The highest BCUT2D eigenvalue weighted by Gasteiger charge is 2.40. The largest absolute Gasteiger partial charge is 0.396 e. The third kappa shape index (κ3) is 11.8. The topological polar surface area (TPSA) is 232 Å². The summed E-state index contributed by atoms with van der Waals surface area (Å²) in [5, 5.41) is 31.3. The van der Waals surface area contributed by atoms with Gasteiger partial charge in [0.25, 0.3) is 5.91 Å². The zero-order valence-corrected chi connectivity index (χ0v) is 40.7. The summed E-state index contributed by atoms with van der Waals surface area (Å²) in [6.07, 6.45) is 12.8. The summed E-state index contributed by atoms with van der Waals surface area (Å²) in [6.45, 7) is 6.86. The highest BCUT2D eigenvalue weighted by atomic mass is 19.1. The van der Waals surface area contributed by atoms with E-state index < -0.39 is 11.9 Å². The van der Waals surface area contributed by atoms with E-state index in [2.05, 4.69) is 57.3 Å². The number of hydrogen-bond donors (Lipinski definition) is 5. The van der Waals surface area contributed by atoms with Gasteiger partial charge in [0, 0.05) is 112 Å². The average Bonchev–Trinajstić information content (AvgIpc) is 4.00. The molecule has 0 radical (unpaired) electrons. The molecule has 380 valence electrons. The van der Waals surface area contributed by atoms with E-state index in [1.54, 1.807) is 36.5 Å². The Hall–Kier alpha value is -7.65. The van der Waals surface area contributed by atoms with Crippen molar-refractivity contribution in [1.82, 2.24) is 50.0 Å². The van der Waals surface area contributed by atoms with Crippen LogP contribution in [0.5, 0.6) is 0 Å². The van der Waals surface area contributed by atoms with Crippen molar-refractivity contribution in [2.24, 2.45) is 5.92 Å². The first-order chi connectivity index (χ1) is 35.6. The first-order valence-electron chi connectivity index (χ1n) is 25.3. The number of pyridine rings is 2. The van der Waals surface area contributed by atoms with Crippen molar-refractivity contribution >= 4 is 75.0 Å². The maximum absolute atomic E-state index is 13.6. The molecule has 3 saturated heterocycles. The molecule has 3 fully saturated rings. The summed E-state index contributed by atoms with van der Waals surface area (Å²) in [5.74, 6) is 1.21. The van der Waals surface area contributed by atoms with Crippen LogP contribution in [0.1, 0.15) is 85.8 Å². The van der Waals surface area contributed by atoms with Gasteiger partial charge in [0.05, 0.1) is 29.3 Å². The predicted molar refractivity (Wildman–Crippen MR) is 273 cm³/mol. The Morgan fingerprint density at radius 1 is 0.822 bits per heavy atom. The lowest BCUT2D eigenvalue weighted by Gasteiger charge is -2.35. The van der Waals surface area contributed by atoms with Gasteiger partial charge in [-0.2, -0.15) is 4.98 Å². The number of benzene rings is 2. The van der Waals surface area contributed by atoms with E-state index >= 15 is 0 Å². The number of aryl methyl sites for hydroxylation is 1. The van der Waals surface area contributed by atoms with Crippen LogP contribution in [0.2, 0.25) is 0 Å². The molecule has 21 heteroatoms. The van der Waals surface area contributed by atoms with Gasteiger partial charge in [0.2, 0.25) is 23.7 Å². The first-order valence-corrected chi connectivity index (χ1v) is 25.3. The molecule has 20 nitrogen and oxygen atoms in total. The number of anilines is 7. The Morgan fingerprint density at radius 3 is 2.40 bits per heavy atom. The van der Waals surface area contributed by atoms with Gasteiger partial charge in [-0.05, 0) is 92.6 Å². The Balaban J connectivity index is 0.637. The standard InChI is InChI=1S/C52H60FN15O5/c53-35-10-12-36(13-11-35)56-52-58-43-29-55-46(27-40(43)49(61-52)66-21-18-34(33-69)19-22-66)59-45-16-14-38(28-54-45)65-25-23-64(24-26-65)30-37-31-67(63-62-37)20-5-3-1-2-4-9-47(70)57-42-8-6-7-39-41(42)32-68(51(39)73)44-15-17-48(71)60-50(44)72/h6-8,10-14,16,27-29,31,34,44,69H,1-5,9,15,17-26,30,32-33H2,(H,57,70)(H,54,55,59)(H,56,58,61)(H,60,71,72). The second-order valence-corrected chi connectivity index (χ2v) is 19.3. The fraction of sp³-hybridized carbons (Fsp3) is 0.423. The number of nitrogens with one attached hydrogen (secondary N) is 4. The molecule has 0 bridgehead atoms. The number of piperazine rings is 1. The molecular formula is C52H60FN15O5. The number of amides is 4. The molecule has 4 aliphatic heterocycles. The molecule has 6 aromatic rings. The van der Waals surface area contributed by atoms with E-state index in [-0.39, 0.29) is 55.4 Å². The molecule has 0 spiro atoms. The lowest BCUT2D eigenvalue weighted by atomic mass is 9.98. The highest BCUT2D eigenvalue weighted by molar-refractivity contribution is 6.07. The Kier molecular flexibility index (Phi) is 15.0. The van der Waals surface area contributed by atoms with Crippen LogP contribution < -0.4 is 31.1 Å². The van der Waals surface area contributed by atoms with Gasteiger partial charge in [-0.25, -0.2) is 19.3 Å². The number of piperidine rings is 2. The van der Waals surface area contributed by atoms with Gasteiger partial charge in [-0.15, -0.1) is 5.10 Å². The van der Waals surface area contributed by atoms with E-state index in [1.807, 2.05) is 29.2 Å². The van der Waals surface area contributed by atoms with Crippen LogP contribution in [-0.4, -0.2) is 125 Å². The van der Waals surface area contributed by atoms with Gasteiger partial charge in [-0.3, -0.25) is 34.1 Å². The van der Waals surface area contributed by atoms with Crippen molar-refractivity contribution in [3.8, 4) is 0 Å². The SMILES string of the molecule is O=C1CCC(N2Cc3c(NC(=O)CCCCCCCn4cc(CN5CCN(c6ccc(Nc7cc8c(N9CCC(CO)CC9)nc(Nc9ccc(F)cc9)nc8cn7)nc6)CC5)nn4)cccc3C2=O)C(=O)N1. The average molecular weight is 994 g/mol. The van der Waals surface area contributed by atoms with Crippen LogP contribution in [-0.2, 0) is 34.0 Å². The van der Waals surface area contributed by atoms with Gasteiger partial charge in [0.1, 0.15) is 29.3 Å². The number of aliphatic hydroxyl groups is 1. The van der Waals surface area contributed by atoms with Gasteiger partial charge >= 0.3 is 0 Å². The lowest BCUT2D eigenvalue weighted by molar-refractivity contribution is -0.137. The molecule has 1 unspecified atom stereocenters. The second kappa shape index (κ2) is 22.4. The lowest BCUT2D eigenvalue weighted by Crippen LogP contribution is -2.52. The number of rotatable bonds is 19. The minimum absolute atomic E-state index is 0.110. The smallest absolute Gasteiger partial charge is 0.255 e. The van der Waals surface area contributed by atoms with E-state index in [1.165, 1.54) is 17.0 Å². The Morgan fingerprint density at radius 2 is 1.62 bits per heavy atom. The third-order valence-electron chi connectivity index (χ3n) is 14.2. The maximum Gasteiger partial charge on any atom is 0.255 e. The van der Waals surface area contributed by atoms with Gasteiger partial charge in [-0.1, -0.05) is 30.5 Å². The Bertz CT molecular complexity index is 2940. The summed E-state index contributed by atoms with van der Waals surface area (Å²) in [4.78, 5) is 77.6. The molecule has 5 N–H and O–H groups in total. The van der Waals surface area contributed by atoms with Gasteiger partial charge in [0.15, 0.2) is 0 Å². The predicted octanol–water partition coefficient (Wildman–Crippen LogP) is 5.91. The number of nitrogens with zero attached hydrogens (tertiary/aromatic N) is 11. The molecule has 10 rings (SSSR count). The van der Waals surface area contributed by atoms with Crippen LogP contribution in [0, 0.1) is 11.7 Å². The Labute approximate surface area is 421 Å². The van der Waals surface area contributed by atoms with Crippen LogP contribution in [0.4, 0.5) is 44.9 Å². The molecule has 73 heavy (non-hydrogen) atoms. The van der Waals surface area contributed by atoms with Crippen molar-refractivity contribution in [1.29, 1.82) is 0 Å². The molecule has 0 saturated carbocycles. The second-order valence-electron chi connectivity index (χ2n) is 19.3. The molecule has 4 amide bonds. The summed E-state index contributed by atoms with van der Waals surface area (Å²) in [5.41, 5.74) is 5.08. The van der Waals surface area contributed by atoms with Crippen molar-refractivity contribution < 1.29 is 28.7 Å². The molecule has 2 aromatic carbocycles. The minimum Gasteiger partial charge on any atom is -0.396 e. The van der Waals surface area contributed by atoms with Gasteiger partial charge < -0.3 is 35.8 Å². The monoisotopic (exact) mass is 993 g/mol. The number of carbonyl (C=O) groups excluding carboxylic acids is 4. The number of unbranched alkanes of at least 4 members (excludes halogenated alkanes) is 4. The summed E-state index contributed by atoms with van der Waals surface area (Å²) < 4.78 is 15.5. The fourth-order valence-electron chi connectivity index (χ4n) is 10.1. The van der Waals surface area contributed by atoms with Crippen LogP contribution in [0.3, 0.4) is 0 Å². The number of aliphatic hydroxyl groups excluding tert-OH is 1. The highest BCUT2D eigenvalue weighted by Crippen LogP contribution is 2.34. The van der Waals surface area contributed by atoms with Crippen LogP contribution >= 0.6 is 0 Å². The van der Waals surface area contributed by atoms with E-state index in [0.717, 1.165) is 120 Å². The number of hydrogen-bond acceptors (Lipinski definition) is 16. The van der Waals surface area contributed by atoms with Crippen molar-refractivity contribution in [3.63, 3.8) is 0 Å². The minimum atomic E-state index is -0.705. The van der Waals surface area contributed by atoms with Crippen molar-refractivity contribution in [2.75, 3.05) is 71.6 Å². The number of fused-ring (bicyclic) bond motifs is 2. The summed E-state index contributed by atoms with van der Waals surface area (Å²) >= 11 is 0. The molecule has 1 atom stereocenters. The summed E-state index contributed by atoms with van der Waals surface area (Å²) in [7, 11) is 0. The molecular weight excluding hydrogens is 934 g/mol. The summed E-state index contributed by atoms with van der Waals surface area (Å²) in [6, 6.07) is 16.6. The first kappa shape index (κ1) is 49.0. The van der Waals surface area contributed by atoms with Crippen molar-refractivity contribution in [3.05, 3.63) is 102 Å². The van der Waals surface area contributed by atoms with Crippen LogP contribution in [0.25, 0.3) is 10.9 Å². The zero-order chi connectivity index (χ0) is 50.3. The quantitative estimate of drug-likeness (QED) is 0.0469. The number of imide groups is 1. The number of halogens is 1. The molecule has 4 aliphatic rings. The number of aromatic nitrogens is 7. The zero-order valence-electron chi connectivity index (χ0n) is 40.7. The van der Waals surface area contributed by atoms with E-state index in [9.17, 15) is 28.7 Å². The third-order valence-corrected chi connectivity index (χ3v) is 14.2. The molecule has 0 aliphatic carbocycles. The fourth-order valence-corrected chi connectivity index (χ4v) is 10.1. The maximum atomic E-state index is 13.6.